The second-order valence-electron chi connectivity index (χ2n) is 6.17. The highest BCUT2D eigenvalue weighted by Crippen LogP contribution is 2.17. The number of rotatable bonds is 2. The number of nitrogens with zero attached hydrogens (tertiary/aromatic N) is 1. The number of aromatic hydroxyl groups is 1. The average molecular weight is 312 g/mol. The predicted octanol–water partition coefficient (Wildman–Crippen LogP) is 2.98. The number of nitrogens with one attached hydrogen (secondary N) is 1. The molecule has 2 rings (SSSR count). The number of hydrogen-bond donors (Lipinski definition) is 2. The summed E-state index contributed by atoms with van der Waals surface area (Å²) in [6.07, 6.45) is 0. The molecular weight excluding hydrogens is 292 g/mol. The first-order chi connectivity index (χ1) is 10.8. The van der Waals surface area contributed by atoms with E-state index in [2.05, 4.69) is 5.43 Å². The van der Waals surface area contributed by atoms with Crippen LogP contribution < -0.4 is 5.43 Å². The summed E-state index contributed by atoms with van der Waals surface area (Å²) in [5, 5.41) is 10.6. The van der Waals surface area contributed by atoms with Crippen molar-refractivity contribution in [3.05, 3.63) is 65.7 Å². The van der Waals surface area contributed by atoms with Crippen molar-refractivity contribution in [2.45, 2.75) is 26.3 Å². The quantitative estimate of drug-likeness (QED) is 0.838. The molecule has 0 spiro atoms. The van der Waals surface area contributed by atoms with Crippen LogP contribution in [0.5, 0.6) is 5.75 Å². The van der Waals surface area contributed by atoms with Crippen LogP contribution in [0.25, 0.3) is 0 Å². The lowest BCUT2D eigenvalue weighted by atomic mass is 10.1. The Morgan fingerprint density at radius 2 is 1.48 bits per heavy atom. The predicted molar refractivity (Wildman–Crippen MR) is 87.9 cm³/mol. The molecule has 0 aliphatic rings. The second kappa shape index (κ2) is 6.52. The summed E-state index contributed by atoms with van der Waals surface area (Å²) in [4.78, 5) is 25.0. The van der Waals surface area contributed by atoms with Crippen molar-refractivity contribution in [3.8, 4) is 5.75 Å². The summed E-state index contributed by atoms with van der Waals surface area (Å²) in [7, 11) is 0. The molecule has 2 amide bonds. The van der Waals surface area contributed by atoms with Crippen LogP contribution in [-0.4, -0.2) is 27.5 Å². The number of carbonyl (C=O) groups excluding carboxylic acids is 2. The SMILES string of the molecule is CC(C)(C)N(NC(=O)c1ccccc1)C(=O)c1ccc(O)cc1. The normalized spacial score (nSPS) is 10.9. The van der Waals surface area contributed by atoms with Gasteiger partial charge in [0.25, 0.3) is 11.8 Å². The van der Waals surface area contributed by atoms with E-state index in [9.17, 15) is 14.7 Å². The second-order valence-corrected chi connectivity index (χ2v) is 6.17. The zero-order valence-electron chi connectivity index (χ0n) is 13.4. The first kappa shape index (κ1) is 16.5. The Hall–Kier alpha value is -2.82. The molecule has 0 saturated heterocycles. The molecule has 120 valence electrons. The van der Waals surface area contributed by atoms with Crippen molar-refractivity contribution >= 4 is 11.8 Å². The smallest absolute Gasteiger partial charge is 0.272 e. The van der Waals surface area contributed by atoms with E-state index in [0.717, 1.165) is 0 Å². The van der Waals surface area contributed by atoms with Crippen LogP contribution in [0.2, 0.25) is 0 Å². The largest absolute Gasteiger partial charge is 0.508 e. The van der Waals surface area contributed by atoms with Crippen LogP contribution in [0.4, 0.5) is 0 Å². The van der Waals surface area contributed by atoms with Gasteiger partial charge in [-0.15, -0.1) is 0 Å². The van der Waals surface area contributed by atoms with E-state index >= 15 is 0 Å². The van der Waals surface area contributed by atoms with Gasteiger partial charge in [-0.05, 0) is 57.2 Å². The molecule has 23 heavy (non-hydrogen) atoms. The van der Waals surface area contributed by atoms with Crippen molar-refractivity contribution in [1.29, 1.82) is 0 Å². The molecular formula is C18H20N2O3. The van der Waals surface area contributed by atoms with E-state index in [4.69, 9.17) is 0 Å². The maximum atomic E-state index is 12.7. The van der Waals surface area contributed by atoms with Crippen molar-refractivity contribution in [2.75, 3.05) is 0 Å². The van der Waals surface area contributed by atoms with Gasteiger partial charge >= 0.3 is 0 Å². The fourth-order valence-electron chi connectivity index (χ4n) is 2.01. The van der Waals surface area contributed by atoms with Gasteiger partial charge in [0.15, 0.2) is 0 Å². The van der Waals surface area contributed by atoms with Crippen molar-refractivity contribution in [2.24, 2.45) is 0 Å². The molecule has 0 fully saturated rings. The number of phenols is 1. The molecule has 2 aromatic carbocycles. The Balaban J connectivity index is 2.26. The van der Waals surface area contributed by atoms with Gasteiger partial charge in [0.1, 0.15) is 5.75 Å². The fraction of sp³-hybridized carbons (Fsp3) is 0.222. The van der Waals surface area contributed by atoms with Crippen molar-refractivity contribution < 1.29 is 14.7 Å². The van der Waals surface area contributed by atoms with Crippen molar-refractivity contribution in [1.82, 2.24) is 10.4 Å². The van der Waals surface area contributed by atoms with Gasteiger partial charge in [0.05, 0.1) is 5.54 Å². The van der Waals surface area contributed by atoms with Gasteiger partial charge in [0.2, 0.25) is 0 Å². The Labute approximate surface area is 135 Å². The summed E-state index contributed by atoms with van der Waals surface area (Å²) in [5.74, 6) is -0.619. The topological polar surface area (TPSA) is 69.6 Å². The van der Waals surface area contributed by atoms with Crippen LogP contribution in [0.3, 0.4) is 0 Å². The molecule has 0 radical (unpaired) electrons. The lowest BCUT2D eigenvalue weighted by molar-refractivity contribution is 0.0358. The van der Waals surface area contributed by atoms with Crippen LogP contribution in [0.15, 0.2) is 54.6 Å². The third-order valence-electron chi connectivity index (χ3n) is 3.24. The van der Waals surface area contributed by atoms with Crippen LogP contribution in [0, 0.1) is 0 Å². The van der Waals surface area contributed by atoms with E-state index in [1.165, 1.54) is 29.3 Å². The minimum absolute atomic E-state index is 0.0807. The number of amides is 2. The summed E-state index contributed by atoms with van der Waals surface area (Å²) in [6.45, 7) is 5.49. The minimum Gasteiger partial charge on any atom is -0.508 e. The molecule has 0 unspecified atom stereocenters. The maximum absolute atomic E-state index is 12.7. The van der Waals surface area contributed by atoms with Crippen molar-refractivity contribution in [3.63, 3.8) is 0 Å². The number of hydrazine groups is 1. The Morgan fingerprint density at radius 1 is 0.913 bits per heavy atom. The van der Waals surface area contributed by atoms with E-state index in [1.807, 2.05) is 26.8 Å². The van der Waals surface area contributed by atoms with Gasteiger partial charge in [-0.3, -0.25) is 15.0 Å². The first-order valence-corrected chi connectivity index (χ1v) is 7.28. The highest BCUT2D eigenvalue weighted by atomic mass is 16.3. The van der Waals surface area contributed by atoms with Gasteiger partial charge in [-0.2, -0.15) is 0 Å². The Bertz CT molecular complexity index is 688. The summed E-state index contributed by atoms with van der Waals surface area (Å²) in [5.41, 5.74) is 2.91. The van der Waals surface area contributed by atoms with Gasteiger partial charge in [-0.25, -0.2) is 5.01 Å². The monoisotopic (exact) mass is 312 g/mol. The molecule has 0 saturated carbocycles. The Morgan fingerprint density at radius 3 is 2.00 bits per heavy atom. The highest BCUT2D eigenvalue weighted by molar-refractivity contribution is 5.99. The van der Waals surface area contributed by atoms with Crippen LogP contribution >= 0.6 is 0 Å². The lowest BCUT2D eigenvalue weighted by Crippen LogP contribution is -2.55. The van der Waals surface area contributed by atoms with Crippen LogP contribution in [-0.2, 0) is 0 Å². The highest BCUT2D eigenvalue weighted by Gasteiger charge is 2.29. The number of benzene rings is 2. The zero-order chi connectivity index (χ0) is 17.0. The van der Waals surface area contributed by atoms with Gasteiger partial charge in [0, 0.05) is 11.1 Å². The molecule has 0 aliphatic heterocycles. The van der Waals surface area contributed by atoms with E-state index in [-0.39, 0.29) is 17.6 Å². The number of hydrogen-bond acceptors (Lipinski definition) is 3. The lowest BCUT2D eigenvalue weighted by Gasteiger charge is -2.35. The maximum Gasteiger partial charge on any atom is 0.272 e. The molecule has 5 nitrogen and oxygen atoms in total. The molecule has 2 aromatic rings. The van der Waals surface area contributed by atoms with E-state index in [0.29, 0.717) is 11.1 Å². The molecule has 0 atom stereocenters. The third kappa shape index (κ3) is 4.10. The standard InChI is InChI=1S/C18H20N2O3/c1-18(2,3)20(17(23)14-9-11-15(21)12-10-14)19-16(22)13-7-5-4-6-8-13/h4-12,21H,1-3H3,(H,19,22). The summed E-state index contributed by atoms with van der Waals surface area (Å²) in [6, 6.07) is 14.6. The molecule has 0 aromatic heterocycles. The average Bonchev–Trinajstić information content (AvgIpc) is 2.52. The summed E-state index contributed by atoms with van der Waals surface area (Å²) >= 11 is 0. The van der Waals surface area contributed by atoms with Crippen LogP contribution in [0.1, 0.15) is 41.5 Å². The fourth-order valence-corrected chi connectivity index (χ4v) is 2.01. The van der Waals surface area contributed by atoms with E-state index in [1.54, 1.807) is 24.3 Å². The number of carbonyl (C=O) groups is 2. The number of phenolic OH excluding ortho intramolecular Hbond substituents is 1. The molecule has 2 N–H and O–H groups in total. The molecule has 5 heteroatoms. The van der Waals surface area contributed by atoms with Gasteiger partial charge < -0.3 is 5.11 Å². The van der Waals surface area contributed by atoms with E-state index < -0.39 is 5.54 Å². The molecule has 0 bridgehead atoms. The Kier molecular flexibility index (Phi) is 4.69. The van der Waals surface area contributed by atoms with Gasteiger partial charge in [-0.1, -0.05) is 18.2 Å². The molecule has 0 aliphatic carbocycles. The first-order valence-electron chi connectivity index (χ1n) is 7.28. The minimum atomic E-state index is -0.612. The zero-order valence-corrected chi connectivity index (χ0v) is 13.4. The third-order valence-corrected chi connectivity index (χ3v) is 3.24. The molecule has 0 heterocycles. The summed E-state index contributed by atoms with van der Waals surface area (Å²) < 4.78 is 0.